The van der Waals surface area contributed by atoms with Crippen molar-refractivity contribution in [1.29, 1.82) is 0 Å². The quantitative estimate of drug-likeness (QED) is 0.777. The highest BCUT2D eigenvalue weighted by atomic mass is 32.2. The molecule has 0 radical (unpaired) electrons. The van der Waals surface area contributed by atoms with E-state index in [1.54, 1.807) is 11.8 Å². The molecule has 1 aromatic heterocycles. The van der Waals surface area contributed by atoms with Crippen LogP contribution in [-0.2, 0) is 12.8 Å². The Hall–Kier alpha value is -0.280. The van der Waals surface area contributed by atoms with E-state index in [9.17, 15) is 0 Å². The minimum atomic E-state index is 1.02. The number of fused-ring (bicyclic) bond motifs is 1. The van der Waals surface area contributed by atoms with Crippen molar-refractivity contribution in [3.63, 3.8) is 0 Å². The molecule has 0 aromatic carbocycles. The molecule has 0 fully saturated rings. The first-order valence-corrected chi connectivity index (χ1v) is 6.58. The van der Waals surface area contributed by atoms with E-state index in [-0.39, 0.29) is 0 Å². The minimum Gasteiger partial charge on any atom is -0.357 e. The first-order valence-electron chi connectivity index (χ1n) is 5.19. The van der Waals surface area contributed by atoms with E-state index in [0.29, 0.717) is 0 Å². The summed E-state index contributed by atoms with van der Waals surface area (Å²) >= 11 is 7.09. The smallest absolute Gasteiger partial charge is 0.0941 e. The molecule has 0 bridgehead atoms. The maximum Gasteiger partial charge on any atom is 0.0941 e. The van der Waals surface area contributed by atoms with Gasteiger partial charge in [-0.1, -0.05) is 19.1 Å². The van der Waals surface area contributed by atoms with Gasteiger partial charge in [-0.2, -0.15) is 0 Å². The van der Waals surface area contributed by atoms with Crippen LogP contribution >= 0.6 is 24.0 Å². The molecule has 1 aromatic rings. The molecule has 0 spiro atoms. The first-order chi connectivity index (χ1) is 6.81. The molecule has 76 valence electrons. The number of thiocarbonyl (C=S) groups is 1. The van der Waals surface area contributed by atoms with Crippen LogP contribution in [0.3, 0.4) is 0 Å². The maximum absolute atomic E-state index is 5.34. The molecule has 3 heteroatoms. The highest BCUT2D eigenvalue weighted by Gasteiger charge is 2.14. The molecule has 1 N–H and O–H groups in total. The second-order valence-corrected chi connectivity index (χ2v) is 5.56. The number of aromatic nitrogens is 1. The van der Waals surface area contributed by atoms with Gasteiger partial charge in [0, 0.05) is 5.69 Å². The van der Waals surface area contributed by atoms with Crippen LogP contribution in [0.2, 0.25) is 0 Å². The lowest BCUT2D eigenvalue weighted by Crippen LogP contribution is -1.99. The third-order valence-electron chi connectivity index (χ3n) is 2.61. The SMILES string of the molecule is CCSC(=S)c1cc2c([nH]1)CCCC2. The summed E-state index contributed by atoms with van der Waals surface area (Å²) < 4.78 is 1.02. The topological polar surface area (TPSA) is 15.8 Å². The number of H-pyrrole nitrogens is 1. The molecule has 1 aliphatic rings. The highest BCUT2D eigenvalue weighted by Crippen LogP contribution is 2.24. The van der Waals surface area contributed by atoms with Crippen molar-refractivity contribution in [3.8, 4) is 0 Å². The lowest BCUT2D eigenvalue weighted by molar-refractivity contribution is 0.677. The lowest BCUT2D eigenvalue weighted by atomic mass is 9.98. The van der Waals surface area contributed by atoms with Crippen LogP contribution in [0.4, 0.5) is 0 Å². The molecule has 0 amide bonds. The summed E-state index contributed by atoms with van der Waals surface area (Å²) in [5.41, 5.74) is 4.08. The standard InChI is InChI=1S/C11H15NS2/c1-2-14-11(13)10-7-8-5-3-4-6-9(8)12-10/h7,12H,2-6H2,1H3. The van der Waals surface area contributed by atoms with Crippen LogP contribution in [0.1, 0.15) is 36.7 Å². The Kier molecular flexibility index (Phi) is 3.29. The van der Waals surface area contributed by atoms with Crippen LogP contribution in [0, 0.1) is 0 Å². The van der Waals surface area contributed by atoms with E-state index in [2.05, 4.69) is 18.0 Å². The molecule has 1 heterocycles. The fraction of sp³-hybridized carbons (Fsp3) is 0.545. The largest absolute Gasteiger partial charge is 0.357 e. The van der Waals surface area contributed by atoms with Gasteiger partial charge < -0.3 is 4.98 Å². The van der Waals surface area contributed by atoms with Crippen molar-refractivity contribution in [2.75, 3.05) is 5.75 Å². The molecule has 0 saturated carbocycles. The van der Waals surface area contributed by atoms with E-state index in [4.69, 9.17) is 12.2 Å². The zero-order valence-corrected chi connectivity index (χ0v) is 10.1. The number of thioether (sulfide) groups is 1. The first kappa shape index (κ1) is 10.2. The van der Waals surface area contributed by atoms with Crippen LogP contribution in [0.15, 0.2) is 6.07 Å². The van der Waals surface area contributed by atoms with Gasteiger partial charge in [0.05, 0.1) is 9.89 Å². The fourth-order valence-corrected chi connectivity index (χ4v) is 2.91. The Balaban J connectivity index is 2.19. The van der Waals surface area contributed by atoms with Gasteiger partial charge >= 0.3 is 0 Å². The normalized spacial score (nSPS) is 15.2. The monoisotopic (exact) mass is 225 g/mol. The van der Waals surface area contributed by atoms with Crippen LogP contribution in [-0.4, -0.2) is 14.9 Å². The molecule has 0 unspecified atom stereocenters. The maximum atomic E-state index is 5.34. The summed E-state index contributed by atoms with van der Waals surface area (Å²) in [6.45, 7) is 2.14. The summed E-state index contributed by atoms with van der Waals surface area (Å²) in [4.78, 5) is 3.46. The number of aromatic amines is 1. The number of aryl methyl sites for hydroxylation is 2. The van der Waals surface area contributed by atoms with Crippen molar-refractivity contribution in [3.05, 3.63) is 23.0 Å². The Morgan fingerprint density at radius 1 is 1.50 bits per heavy atom. The van der Waals surface area contributed by atoms with Gasteiger partial charge in [-0.15, -0.1) is 11.8 Å². The third kappa shape index (κ3) is 2.04. The van der Waals surface area contributed by atoms with Crippen molar-refractivity contribution < 1.29 is 0 Å². The van der Waals surface area contributed by atoms with E-state index in [0.717, 1.165) is 9.95 Å². The molecule has 1 nitrogen and oxygen atoms in total. The van der Waals surface area contributed by atoms with Crippen LogP contribution in [0.25, 0.3) is 0 Å². The van der Waals surface area contributed by atoms with Gasteiger partial charge in [0.1, 0.15) is 0 Å². The summed E-state index contributed by atoms with van der Waals surface area (Å²) in [6, 6.07) is 2.25. The average molecular weight is 225 g/mol. The zero-order chi connectivity index (χ0) is 9.97. The van der Waals surface area contributed by atoms with Gasteiger partial charge in [-0.05, 0) is 43.1 Å². The molecule has 0 aliphatic heterocycles. The summed E-state index contributed by atoms with van der Waals surface area (Å²) in [5, 5.41) is 0. The predicted octanol–water partition coefficient (Wildman–Crippen LogP) is 3.32. The number of hydrogen-bond donors (Lipinski definition) is 1. The van der Waals surface area contributed by atoms with Crippen molar-refractivity contribution in [1.82, 2.24) is 4.98 Å². The number of nitrogens with one attached hydrogen (secondary N) is 1. The zero-order valence-electron chi connectivity index (χ0n) is 8.43. The molecule has 14 heavy (non-hydrogen) atoms. The fourth-order valence-electron chi connectivity index (χ4n) is 1.92. The third-order valence-corrected chi connectivity index (χ3v) is 3.95. The van der Waals surface area contributed by atoms with E-state index < -0.39 is 0 Å². The van der Waals surface area contributed by atoms with Crippen LogP contribution in [0.5, 0.6) is 0 Å². The van der Waals surface area contributed by atoms with Gasteiger partial charge in [0.2, 0.25) is 0 Å². The van der Waals surface area contributed by atoms with Gasteiger partial charge in [-0.25, -0.2) is 0 Å². The molecule has 1 aliphatic carbocycles. The Bertz CT molecular complexity index is 318. The van der Waals surface area contributed by atoms with Crippen LogP contribution < -0.4 is 0 Å². The second-order valence-electron chi connectivity index (χ2n) is 3.61. The summed E-state index contributed by atoms with van der Waals surface area (Å²) in [5.74, 6) is 1.06. The van der Waals surface area contributed by atoms with E-state index >= 15 is 0 Å². The molecule has 0 saturated heterocycles. The molecule has 0 atom stereocenters. The van der Waals surface area contributed by atoms with Gasteiger partial charge in [0.15, 0.2) is 0 Å². The average Bonchev–Trinajstić information content (AvgIpc) is 2.61. The minimum absolute atomic E-state index is 1.02. The van der Waals surface area contributed by atoms with Crippen molar-refractivity contribution in [2.45, 2.75) is 32.6 Å². The highest BCUT2D eigenvalue weighted by molar-refractivity contribution is 8.23. The predicted molar refractivity (Wildman–Crippen MR) is 67.3 cm³/mol. The Labute approximate surface area is 94.7 Å². The van der Waals surface area contributed by atoms with E-state index in [1.165, 1.54) is 42.6 Å². The Morgan fingerprint density at radius 3 is 3.00 bits per heavy atom. The molecular weight excluding hydrogens is 210 g/mol. The van der Waals surface area contributed by atoms with Gasteiger partial charge in [-0.3, -0.25) is 0 Å². The van der Waals surface area contributed by atoms with E-state index in [1.807, 2.05) is 0 Å². The van der Waals surface area contributed by atoms with Crippen molar-refractivity contribution in [2.24, 2.45) is 0 Å². The summed E-state index contributed by atoms with van der Waals surface area (Å²) in [6.07, 6.45) is 5.08. The molecule has 2 rings (SSSR count). The summed E-state index contributed by atoms with van der Waals surface area (Å²) in [7, 11) is 0. The lowest BCUT2D eigenvalue weighted by Gasteiger charge is -2.08. The number of rotatable bonds is 2. The molecular formula is C11H15NS2. The number of hydrogen-bond acceptors (Lipinski definition) is 2. The van der Waals surface area contributed by atoms with Gasteiger partial charge in [0.25, 0.3) is 0 Å². The van der Waals surface area contributed by atoms with Crippen molar-refractivity contribution >= 4 is 28.2 Å². The Morgan fingerprint density at radius 2 is 2.29 bits per heavy atom. The second kappa shape index (κ2) is 4.49.